The van der Waals surface area contributed by atoms with Gasteiger partial charge in [0.1, 0.15) is 4.90 Å². The third-order valence-corrected chi connectivity index (χ3v) is 5.10. The Labute approximate surface area is 113 Å². The zero-order chi connectivity index (χ0) is 14.0. The van der Waals surface area contributed by atoms with Gasteiger partial charge in [-0.05, 0) is 19.8 Å². The quantitative estimate of drug-likeness (QED) is 0.778. The zero-order valence-electron chi connectivity index (χ0n) is 11.2. The molecule has 1 aliphatic rings. The monoisotopic (exact) mass is 288 g/mol. The summed E-state index contributed by atoms with van der Waals surface area (Å²) in [6.45, 7) is 3.19. The Bertz CT molecular complexity index is 536. The van der Waals surface area contributed by atoms with Crippen molar-refractivity contribution in [3.8, 4) is 0 Å². The highest BCUT2D eigenvalue weighted by atomic mass is 32.2. The fraction of sp³-hybridized carbons (Fsp3) is 0.727. The Morgan fingerprint density at radius 2 is 2.26 bits per heavy atom. The summed E-state index contributed by atoms with van der Waals surface area (Å²) in [6.07, 6.45) is 3.28. The minimum atomic E-state index is -3.58. The maximum absolute atomic E-state index is 12.6. The molecule has 7 nitrogen and oxygen atoms in total. The number of hydrogen-bond donors (Lipinski definition) is 1. The Kier molecular flexibility index (Phi) is 4.12. The van der Waals surface area contributed by atoms with Crippen LogP contribution < -0.4 is 5.73 Å². The van der Waals surface area contributed by atoms with Crippen LogP contribution in [0.15, 0.2) is 11.1 Å². The average molecular weight is 288 g/mol. The molecule has 0 radical (unpaired) electrons. The summed E-state index contributed by atoms with van der Waals surface area (Å²) in [6, 6.07) is 0.0736. The molecule has 0 bridgehead atoms. The molecule has 2 rings (SSSR count). The van der Waals surface area contributed by atoms with Gasteiger partial charge >= 0.3 is 0 Å². The third-order valence-electron chi connectivity index (χ3n) is 3.14. The minimum absolute atomic E-state index is 0.0601. The van der Waals surface area contributed by atoms with E-state index in [1.807, 2.05) is 6.92 Å². The van der Waals surface area contributed by atoms with Gasteiger partial charge in [-0.3, -0.25) is 4.68 Å². The standard InChI is InChI=1S/C11H20N4O3S/c1-3-14-8-10(11(12)13-14)19(16,17)15(6-7-18-2)9-4-5-9/h8-9H,3-7H2,1-2H3,(H2,12,13). The smallest absolute Gasteiger partial charge is 0.248 e. The average Bonchev–Trinajstić information content (AvgIpc) is 3.11. The second-order valence-electron chi connectivity index (χ2n) is 4.57. The van der Waals surface area contributed by atoms with Crippen LogP contribution in [0.25, 0.3) is 0 Å². The number of aromatic nitrogens is 2. The van der Waals surface area contributed by atoms with E-state index in [9.17, 15) is 8.42 Å². The SMILES string of the molecule is CCn1cc(S(=O)(=O)N(CCOC)C2CC2)c(N)n1. The van der Waals surface area contributed by atoms with E-state index in [4.69, 9.17) is 10.5 Å². The number of rotatable bonds is 7. The number of sulfonamides is 1. The summed E-state index contributed by atoms with van der Waals surface area (Å²) < 4.78 is 33.2. The molecule has 0 spiro atoms. The predicted octanol–water partition coefficient (Wildman–Crippen LogP) is 0.285. The van der Waals surface area contributed by atoms with Gasteiger partial charge in [0.25, 0.3) is 0 Å². The van der Waals surface area contributed by atoms with Crippen LogP contribution in [0.1, 0.15) is 19.8 Å². The minimum Gasteiger partial charge on any atom is -0.383 e. The van der Waals surface area contributed by atoms with Gasteiger partial charge in [0, 0.05) is 32.4 Å². The number of ether oxygens (including phenoxy) is 1. The fourth-order valence-electron chi connectivity index (χ4n) is 1.95. The molecule has 1 saturated carbocycles. The molecule has 19 heavy (non-hydrogen) atoms. The van der Waals surface area contributed by atoms with Gasteiger partial charge in [-0.15, -0.1) is 0 Å². The van der Waals surface area contributed by atoms with Crippen LogP contribution in [0.5, 0.6) is 0 Å². The van der Waals surface area contributed by atoms with E-state index in [0.29, 0.717) is 19.7 Å². The van der Waals surface area contributed by atoms with E-state index in [2.05, 4.69) is 5.10 Å². The maximum atomic E-state index is 12.6. The van der Waals surface area contributed by atoms with E-state index in [-0.39, 0.29) is 16.8 Å². The second-order valence-corrected chi connectivity index (χ2v) is 6.43. The topological polar surface area (TPSA) is 90.5 Å². The Hall–Kier alpha value is -1.12. The molecule has 0 aromatic carbocycles. The number of methoxy groups -OCH3 is 1. The number of hydrogen-bond acceptors (Lipinski definition) is 5. The van der Waals surface area contributed by atoms with Crippen molar-refractivity contribution in [1.29, 1.82) is 0 Å². The molecule has 2 N–H and O–H groups in total. The number of aryl methyl sites for hydroxylation is 1. The molecule has 0 atom stereocenters. The maximum Gasteiger partial charge on any atom is 0.248 e. The Morgan fingerprint density at radius 3 is 2.74 bits per heavy atom. The largest absolute Gasteiger partial charge is 0.383 e. The van der Waals surface area contributed by atoms with Gasteiger partial charge in [-0.1, -0.05) is 0 Å². The van der Waals surface area contributed by atoms with Crippen LogP contribution in [0, 0.1) is 0 Å². The van der Waals surface area contributed by atoms with Gasteiger partial charge in [0.2, 0.25) is 10.0 Å². The summed E-state index contributed by atoms with van der Waals surface area (Å²) in [5.41, 5.74) is 5.72. The zero-order valence-corrected chi connectivity index (χ0v) is 12.1. The van der Waals surface area contributed by atoms with Gasteiger partial charge in [-0.25, -0.2) is 8.42 Å². The second kappa shape index (κ2) is 5.48. The van der Waals surface area contributed by atoms with Crippen molar-refractivity contribution in [1.82, 2.24) is 14.1 Å². The van der Waals surface area contributed by atoms with Gasteiger partial charge in [-0.2, -0.15) is 9.40 Å². The van der Waals surface area contributed by atoms with E-state index in [0.717, 1.165) is 12.8 Å². The van der Waals surface area contributed by atoms with Crippen molar-refractivity contribution in [2.24, 2.45) is 0 Å². The summed E-state index contributed by atoms with van der Waals surface area (Å²) >= 11 is 0. The van der Waals surface area contributed by atoms with Crippen LogP contribution in [-0.2, 0) is 21.3 Å². The number of anilines is 1. The van der Waals surface area contributed by atoms with E-state index < -0.39 is 10.0 Å². The lowest BCUT2D eigenvalue weighted by atomic mass is 10.6. The fourth-order valence-corrected chi connectivity index (χ4v) is 3.68. The molecule has 1 heterocycles. The number of nitrogens with two attached hydrogens (primary N) is 1. The molecule has 1 aromatic heterocycles. The third kappa shape index (κ3) is 2.90. The van der Waals surface area contributed by atoms with Crippen molar-refractivity contribution in [2.75, 3.05) is 26.0 Å². The van der Waals surface area contributed by atoms with E-state index in [1.54, 1.807) is 7.11 Å². The van der Waals surface area contributed by atoms with Crippen molar-refractivity contribution in [2.45, 2.75) is 37.2 Å². The van der Waals surface area contributed by atoms with Crippen LogP contribution in [0.4, 0.5) is 5.82 Å². The Balaban J connectivity index is 2.30. The Morgan fingerprint density at radius 1 is 1.58 bits per heavy atom. The van der Waals surface area contributed by atoms with Gasteiger partial charge in [0.15, 0.2) is 5.82 Å². The molecular weight excluding hydrogens is 268 g/mol. The molecule has 1 aromatic rings. The van der Waals surface area contributed by atoms with Gasteiger partial charge in [0.05, 0.1) is 6.61 Å². The first-order chi connectivity index (χ1) is 9.00. The van der Waals surface area contributed by atoms with Crippen molar-refractivity contribution in [3.63, 3.8) is 0 Å². The predicted molar refractivity (Wildman–Crippen MR) is 71.1 cm³/mol. The first-order valence-corrected chi connectivity index (χ1v) is 7.78. The van der Waals surface area contributed by atoms with Crippen molar-refractivity contribution >= 4 is 15.8 Å². The summed E-state index contributed by atoms with van der Waals surface area (Å²) in [5, 5.41) is 4.00. The molecule has 0 unspecified atom stereocenters. The number of nitrogens with zero attached hydrogens (tertiary/aromatic N) is 3. The van der Waals surface area contributed by atoms with Crippen molar-refractivity contribution in [3.05, 3.63) is 6.20 Å². The molecule has 0 saturated heterocycles. The summed E-state index contributed by atoms with van der Waals surface area (Å²) in [5.74, 6) is 0.0601. The van der Waals surface area contributed by atoms with E-state index >= 15 is 0 Å². The lowest BCUT2D eigenvalue weighted by Crippen LogP contribution is -2.36. The number of nitrogen functional groups attached to an aromatic ring is 1. The van der Waals surface area contributed by atoms with Crippen LogP contribution >= 0.6 is 0 Å². The molecule has 0 aliphatic heterocycles. The molecule has 108 valence electrons. The highest BCUT2D eigenvalue weighted by Crippen LogP contribution is 2.33. The molecule has 1 fully saturated rings. The van der Waals surface area contributed by atoms with Crippen LogP contribution in [0.3, 0.4) is 0 Å². The lowest BCUT2D eigenvalue weighted by molar-refractivity contribution is 0.177. The molecule has 8 heteroatoms. The highest BCUT2D eigenvalue weighted by Gasteiger charge is 2.39. The van der Waals surface area contributed by atoms with Crippen molar-refractivity contribution < 1.29 is 13.2 Å². The van der Waals surface area contributed by atoms with Gasteiger partial charge < -0.3 is 10.5 Å². The van der Waals surface area contributed by atoms with Crippen LogP contribution in [0.2, 0.25) is 0 Å². The molecule has 0 amide bonds. The first kappa shape index (κ1) is 14.3. The molecular formula is C11H20N4O3S. The summed E-state index contributed by atoms with van der Waals surface area (Å²) in [4.78, 5) is 0.0948. The lowest BCUT2D eigenvalue weighted by Gasteiger charge is -2.20. The van der Waals surface area contributed by atoms with E-state index in [1.165, 1.54) is 15.2 Å². The normalized spacial score (nSPS) is 16.2. The summed E-state index contributed by atoms with van der Waals surface area (Å²) in [7, 11) is -2.03. The molecule has 1 aliphatic carbocycles. The first-order valence-electron chi connectivity index (χ1n) is 6.34. The highest BCUT2D eigenvalue weighted by molar-refractivity contribution is 7.89. The van der Waals surface area contributed by atoms with Crippen LogP contribution in [-0.4, -0.2) is 48.8 Å².